The summed E-state index contributed by atoms with van der Waals surface area (Å²) in [5.41, 5.74) is 1.56. The third kappa shape index (κ3) is 5.43. The van der Waals surface area contributed by atoms with Crippen LogP contribution in [0.1, 0.15) is 63.4 Å². The van der Waals surface area contributed by atoms with Crippen LogP contribution in [0.25, 0.3) is 0 Å². The maximum absolute atomic E-state index is 12.5. The lowest BCUT2D eigenvalue weighted by molar-refractivity contribution is -0.161. The minimum atomic E-state index is -0.866. The molecule has 1 heterocycles. The number of aromatic nitrogens is 1. The van der Waals surface area contributed by atoms with Gasteiger partial charge in [0.1, 0.15) is 11.6 Å². The van der Waals surface area contributed by atoms with E-state index >= 15 is 0 Å². The van der Waals surface area contributed by atoms with Gasteiger partial charge in [0, 0.05) is 24.2 Å². The number of hydrogen-bond acceptors (Lipinski definition) is 5. The summed E-state index contributed by atoms with van der Waals surface area (Å²) in [6, 6.07) is 1.91. The second-order valence-electron chi connectivity index (χ2n) is 7.23. The van der Waals surface area contributed by atoms with Gasteiger partial charge in [0.2, 0.25) is 0 Å². The summed E-state index contributed by atoms with van der Waals surface area (Å²) in [4.78, 5) is 40.8. The van der Waals surface area contributed by atoms with Crippen molar-refractivity contribution < 1.29 is 14.3 Å². The van der Waals surface area contributed by atoms with Crippen LogP contribution in [-0.4, -0.2) is 39.9 Å². The van der Waals surface area contributed by atoms with E-state index in [-0.39, 0.29) is 30.0 Å². The van der Waals surface area contributed by atoms with Crippen molar-refractivity contribution in [2.45, 2.75) is 79.5 Å². The first-order valence-electron chi connectivity index (χ1n) is 9.15. The van der Waals surface area contributed by atoms with Gasteiger partial charge in [0.25, 0.3) is 11.5 Å². The van der Waals surface area contributed by atoms with Crippen molar-refractivity contribution in [2.75, 3.05) is 0 Å². The Labute approximate surface area is 160 Å². The van der Waals surface area contributed by atoms with E-state index in [1.807, 2.05) is 33.8 Å². The van der Waals surface area contributed by atoms with Crippen LogP contribution in [0.2, 0.25) is 0 Å². The Balaban J connectivity index is 2.81. The van der Waals surface area contributed by atoms with Gasteiger partial charge in [-0.05, 0) is 66.0 Å². The van der Waals surface area contributed by atoms with Crippen molar-refractivity contribution in [3.8, 4) is 6.07 Å². The molecule has 0 saturated carbocycles. The van der Waals surface area contributed by atoms with Crippen LogP contribution >= 0.6 is 0 Å². The SMILES string of the molecule is Cc1[nH]c(=O)c(C#N)c(C)c1CCC(=O)O[C@@H](C)C(=O)N(C(C)C)C(C)C. The first-order chi connectivity index (χ1) is 12.5. The van der Waals surface area contributed by atoms with E-state index < -0.39 is 17.6 Å². The molecule has 0 aromatic carbocycles. The van der Waals surface area contributed by atoms with E-state index in [0.29, 0.717) is 17.7 Å². The highest BCUT2D eigenvalue weighted by Crippen LogP contribution is 2.16. The number of amides is 1. The summed E-state index contributed by atoms with van der Waals surface area (Å²) in [7, 11) is 0. The predicted molar refractivity (Wildman–Crippen MR) is 102 cm³/mol. The number of rotatable bonds is 7. The van der Waals surface area contributed by atoms with E-state index in [4.69, 9.17) is 10.00 Å². The van der Waals surface area contributed by atoms with Crippen LogP contribution in [0.3, 0.4) is 0 Å². The molecule has 0 saturated heterocycles. The van der Waals surface area contributed by atoms with Crippen molar-refractivity contribution in [1.82, 2.24) is 9.88 Å². The number of carbonyl (C=O) groups is 2. The molecule has 0 aliphatic rings. The number of carbonyl (C=O) groups excluding carboxylic acids is 2. The van der Waals surface area contributed by atoms with Gasteiger partial charge in [-0.15, -0.1) is 0 Å². The Hall–Kier alpha value is -2.62. The minimum absolute atomic E-state index is 0.00879. The summed E-state index contributed by atoms with van der Waals surface area (Å²) >= 11 is 0. The number of hydrogen-bond donors (Lipinski definition) is 1. The van der Waals surface area contributed by atoms with Crippen molar-refractivity contribution in [3.05, 3.63) is 32.7 Å². The number of esters is 1. The fourth-order valence-electron chi connectivity index (χ4n) is 3.27. The Kier molecular flexibility index (Phi) is 7.77. The molecule has 0 aliphatic heterocycles. The van der Waals surface area contributed by atoms with Gasteiger partial charge < -0.3 is 14.6 Å². The summed E-state index contributed by atoms with van der Waals surface area (Å²) in [5, 5.41) is 9.11. The maximum atomic E-state index is 12.5. The zero-order chi connectivity index (χ0) is 20.9. The Bertz CT molecular complexity index is 795. The van der Waals surface area contributed by atoms with Crippen molar-refractivity contribution >= 4 is 11.9 Å². The molecule has 0 bridgehead atoms. The zero-order valence-electron chi connectivity index (χ0n) is 17.2. The van der Waals surface area contributed by atoms with Gasteiger partial charge in [-0.3, -0.25) is 14.4 Å². The van der Waals surface area contributed by atoms with E-state index in [0.717, 1.165) is 5.56 Å². The smallest absolute Gasteiger partial charge is 0.306 e. The molecule has 0 aliphatic carbocycles. The Morgan fingerprint density at radius 3 is 2.19 bits per heavy atom. The van der Waals surface area contributed by atoms with Gasteiger partial charge in [0.15, 0.2) is 6.10 Å². The van der Waals surface area contributed by atoms with E-state index in [2.05, 4.69) is 4.98 Å². The van der Waals surface area contributed by atoms with E-state index in [9.17, 15) is 14.4 Å². The molecule has 0 spiro atoms. The van der Waals surface area contributed by atoms with Crippen LogP contribution in [0.4, 0.5) is 0 Å². The number of H-pyrrole nitrogens is 1. The number of ether oxygens (including phenoxy) is 1. The highest BCUT2D eigenvalue weighted by atomic mass is 16.5. The molecule has 1 atom stereocenters. The summed E-state index contributed by atoms with van der Waals surface area (Å²) < 4.78 is 5.31. The molecular weight excluding hydrogens is 346 g/mol. The van der Waals surface area contributed by atoms with Crippen molar-refractivity contribution in [2.24, 2.45) is 0 Å². The topological polar surface area (TPSA) is 103 Å². The second kappa shape index (κ2) is 9.36. The van der Waals surface area contributed by atoms with Gasteiger partial charge in [-0.25, -0.2) is 0 Å². The highest BCUT2D eigenvalue weighted by Gasteiger charge is 2.27. The molecular formula is C20H29N3O4. The maximum Gasteiger partial charge on any atom is 0.306 e. The fraction of sp³-hybridized carbons (Fsp3) is 0.600. The largest absolute Gasteiger partial charge is 0.453 e. The first-order valence-corrected chi connectivity index (χ1v) is 9.15. The highest BCUT2D eigenvalue weighted by molar-refractivity contribution is 5.84. The van der Waals surface area contributed by atoms with Crippen LogP contribution in [0.15, 0.2) is 4.79 Å². The van der Waals surface area contributed by atoms with Crippen LogP contribution in [0, 0.1) is 25.2 Å². The molecule has 1 aromatic heterocycles. The standard InChI is InChI=1S/C20H29N3O4/c1-11(2)23(12(3)4)20(26)15(7)27-18(24)9-8-16-13(5)17(10-21)19(25)22-14(16)6/h11-12,15H,8-9H2,1-7H3,(H,22,25)/t15-/m0/s1. The Morgan fingerprint density at radius 2 is 1.70 bits per heavy atom. The molecule has 1 amide bonds. The van der Waals surface area contributed by atoms with Crippen molar-refractivity contribution in [3.63, 3.8) is 0 Å². The predicted octanol–water partition coefficient (Wildman–Crippen LogP) is 2.37. The molecule has 148 valence electrons. The first kappa shape index (κ1) is 22.4. The third-order valence-electron chi connectivity index (χ3n) is 4.52. The van der Waals surface area contributed by atoms with Crippen LogP contribution in [0.5, 0.6) is 0 Å². The zero-order valence-corrected chi connectivity index (χ0v) is 17.2. The summed E-state index contributed by atoms with van der Waals surface area (Å²) in [5.74, 6) is -0.719. The fourth-order valence-corrected chi connectivity index (χ4v) is 3.27. The van der Waals surface area contributed by atoms with Crippen molar-refractivity contribution in [1.29, 1.82) is 5.26 Å². The van der Waals surface area contributed by atoms with Gasteiger partial charge >= 0.3 is 5.97 Å². The quantitative estimate of drug-likeness (QED) is 0.737. The second-order valence-corrected chi connectivity index (χ2v) is 7.23. The van der Waals surface area contributed by atoms with Gasteiger partial charge in [0.05, 0.1) is 0 Å². The molecule has 0 radical (unpaired) electrons. The molecule has 0 fully saturated rings. The number of pyridine rings is 1. The lowest BCUT2D eigenvalue weighted by Crippen LogP contribution is -2.47. The number of nitrogens with one attached hydrogen (secondary N) is 1. The molecule has 27 heavy (non-hydrogen) atoms. The van der Waals surface area contributed by atoms with Crippen LogP contribution in [-0.2, 0) is 20.7 Å². The lowest BCUT2D eigenvalue weighted by atomic mass is 9.99. The number of aromatic amines is 1. The average Bonchev–Trinajstić information content (AvgIpc) is 2.53. The molecule has 0 unspecified atom stereocenters. The number of nitriles is 1. The molecule has 7 heteroatoms. The molecule has 1 rings (SSSR count). The summed E-state index contributed by atoms with van der Waals surface area (Å²) in [6.07, 6.45) is -0.490. The average molecular weight is 375 g/mol. The van der Waals surface area contributed by atoms with E-state index in [1.54, 1.807) is 25.7 Å². The minimum Gasteiger partial charge on any atom is -0.453 e. The normalized spacial score (nSPS) is 12.0. The number of aryl methyl sites for hydroxylation is 1. The molecule has 1 N–H and O–H groups in total. The van der Waals surface area contributed by atoms with E-state index in [1.165, 1.54) is 0 Å². The van der Waals surface area contributed by atoms with Gasteiger partial charge in [-0.2, -0.15) is 5.26 Å². The lowest BCUT2D eigenvalue weighted by Gasteiger charge is -2.32. The monoisotopic (exact) mass is 375 g/mol. The van der Waals surface area contributed by atoms with Crippen LogP contribution < -0.4 is 5.56 Å². The summed E-state index contributed by atoms with van der Waals surface area (Å²) in [6.45, 7) is 12.7. The molecule has 7 nitrogen and oxygen atoms in total. The Morgan fingerprint density at radius 1 is 1.15 bits per heavy atom. The molecule has 1 aromatic rings. The van der Waals surface area contributed by atoms with Gasteiger partial charge in [-0.1, -0.05) is 0 Å². The third-order valence-corrected chi connectivity index (χ3v) is 4.52. The number of nitrogens with zero attached hydrogens (tertiary/aromatic N) is 2.